The van der Waals surface area contributed by atoms with Crippen molar-refractivity contribution in [3.63, 3.8) is 0 Å². The number of anilines is 6. The lowest BCUT2D eigenvalue weighted by Crippen LogP contribution is -2.38. The van der Waals surface area contributed by atoms with E-state index in [-0.39, 0.29) is 61.2 Å². The Morgan fingerprint density at radius 2 is 1.09 bits per heavy atom. The second-order valence-corrected chi connectivity index (χ2v) is 19.2. The van der Waals surface area contributed by atoms with Crippen molar-refractivity contribution in [1.82, 2.24) is 14.2 Å². The number of nitrogens with zero attached hydrogens (tertiary/aromatic N) is 9. The van der Waals surface area contributed by atoms with E-state index in [1.165, 1.54) is 15.2 Å². The van der Waals surface area contributed by atoms with Crippen molar-refractivity contribution in [1.29, 1.82) is 10.5 Å². The average Bonchev–Trinajstić information content (AvgIpc) is 3.86. The van der Waals surface area contributed by atoms with Gasteiger partial charge in [0.05, 0.1) is 42.4 Å². The van der Waals surface area contributed by atoms with E-state index in [0.29, 0.717) is 74.9 Å². The number of aryl methyl sites for hydroxylation is 2. The zero-order valence-electron chi connectivity index (χ0n) is 45.0. The quantitative estimate of drug-likeness (QED) is 0.122. The molecule has 4 aromatic carbocycles. The first kappa shape index (κ1) is 57.8. The van der Waals surface area contributed by atoms with Crippen LogP contribution in [0.4, 0.5) is 34.1 Å². The summed E-state index contributed by atoms with van der Waals surface area (Å²) in [6.45, 7) is 0.404. The lowest BCUT2D eigenvalue weighted by Gasteiger charge is -2.31. The van der Waals surface area contributed by atoms with Crippen LogP contribution in [-0.2, 0) is 64.2 Å². The van der Waals surface area contributed by atoms with E-state index in [4.69, 9.17) is 16.3 Å². The molecule has 0 atom stereocenters. The molecule has 6 aromatic rings. The number of hydrogen-bond acceptors (Lipinski definition) is 16. The van der Waals surface area contributed by atoms with E-state index in [1.807, 2.05) is 86.5 Å². The largest absolute Gasteiger partial charge is 0.394 e. The number of carbonyl (C=O) groups excluding carboxylic acids is 6. The first-order chi connectivity index (χ1) is 38.2. The number of nitrogens with one attached hydrogen (secondary N) is 1. The van der Waals surface area contributed by atoms with Gasteiger partial charge in [0.1, 0.15) is 18.5 Å². The molecule has 0 bridgehead atoms. The van der Waals surface area contributed by atoms with Gasteiger partial charge in [-0.05, 0) is 95.8 Å². The second kappa shape index (κ2) is 25.1. The summed E-state index contributed by atoms with van der Waals surface area (Å²) in [6.07, 6.45) is 3.95. The van der Waals surface area contributed by atoms with Crippen LogP contribution in [0.3, 0.4) is 0 Å². The van der Waals surface area contributed by atoms with Crippen molar-refractivity contribution < 1.29 is 43.8 Å². The van der Waals surface area contributed by atoms with Gasteiger partial charge in [-0.15, -0.1) is 5.06 Å². The van der Waals surface area contributed by atoms with E-state index < -0.39 is 35.7 Å². The predicted octanol–water partition coefficient (Wildman–Crippen LogP) is 4.57. The number of aliphatic hydroxyl groups excluding tert-OH is 2. The summed E-state index contributed by atoms with van der Waals surface area (Å²) in [6, 6.07) is 29.0. The molecule has 5 N–H and O–H groups in total. The topological polar surface area (TPSA) is 298 Å². The van der Waals surface area contributed by atoms with Crippen molar-refractivity contribution in [2.75, 3.05) is 71.9 Å². The van der Waals surface area contributed by atoms with Gasteiger partial charge in [0.2, 0.25) is 5.91 Å². The number of aliphatic hydroxyl groups is 2. The molecule has 0 aliphatic carbocycles. The van der Waals surface area contributed by atoms with Gasteiger partial charge in [0, 0.05) is 125 Å². The van der Waals surface area contributed by atoms with Crippen molar-refractivity contribution >= 4 is 69.6 Å². The predicted molar refractivity (Wildman–Crippen MR) is 299 cm³/mol. The zero-order chi connectivity index (χ0) is 58.1. The number of benzene rings is 4. The minimum atomic E-state index is -0.897. The highest BCUT2D eigenvalue weighted by molar-refractivity contribution is 6.10. The number of hydroxylamine groups is 2. The number of imide groups is 1. The van der Waals surface area contributed by atoms with Gasteiger partial charge in [-0.25, -0.2) is 4.79 Å². The Bertz CT molecular complexity index is 3620. The molecule has 0 saturated carbocycles. The molecule has 0 unspecified atom stereocenters. The van der Waals surface area contributed by atoms with Crippen molar-refractivity contribution in [2.24, 2.45) is 14.1 Å². The minimum absolute atomic E-state index is 0.0317. The van der Waals surface area contributed by atoms with Gasteiger partial charge in [-0.3, -0.25) is 33.6 Å². The number of pyridine rings is 2. The van der Waals surface area contributed by atoms with Gasteiger partial charge in [-0.2, -0.15) is 10.5 Å². The lowest BCUT2D eigenvalue weighted by atomic mass is 9.94. The third kappa shape index (κ3) is 12.4. The Balaban J connectivity index is 0.000000191. The molecule has 22 nitrogen and oxygen atoms in total. The maximum absolute atomic E-state index is 13.5. The summed E-state index contributed by atoms with van der Waals surface area (Å²) in [7, 11) is 11.1. The normalized spacial score (nSPS) is 13.4. The fourth-order valence-corrected chi connectivity index (χ4v) is 9.45. The SMILES string of the molecule is CN(C)c1ccc2c(c1)CCN(c1cccc(-c3cc(N)c(=O)n(C)c3)c1CO)C2=O.CN(C)c1ccc2c(c1)CCN(c1cccc(-c3cc(NC(=O)CC#N)c(=O)n(C)c3)c1CO)C2=O.N#CCC(=O)ON1C(=O)CCC1=O. The summed E-state index contributed by atoms with van der Waals surface area (Å²) >= 11 is 0. The van der Waals surface area contributed by atoms with Crippen LogP contribution < -0.4 is 41.8 Å². The van der Waals surface area contributed by atoms with E-state index >= 15 is 0 Å². The highest BCUT2D eigenvalue weighted by atomic mass is 16.7. The molecule has 5 heterocycles. The van der Waals surface area contributed by atoms with Crippen molar-refractivity contribution in [3.8, 4) is 34.4 Å². The first-order valence-electron chi connectivity index (χ1n) is 25.2. The van der Waals surface area contributed by atoms with E-state index in [1.54, 1.807) is 72.7 Å². The molecule has 5 amide bonds. The Morgan fingerprint density at radius 1 is 0.625 bits per heavy atom. The van der Waals surface area contributed by atoms with Crippen LogP contribution in [0, 0.1) is 22.7 Å². The van der Waals surface area contributed by atoms with Gasteiger partial charge in [0.25, 0.3) is 34.7 Å². The summed E-state index contributed by atoms with van der Waals surface area (Å²) in [5.41, 5.74) is 15.8. The van der Waals surface area contributed by atoms with Crippen LogP contribution >= 0.6 is 0 Å². The number of rotatable bonds is 12. The second-order valence-electron chi connectivity index (χ2n) is 19.2. The van der Waals surface area contributed by atoms with Gasteiger partial charge < -0.3 is 54.8 Å². The third-order valence-corrected chi connectivity index (χ3v) is 13.5. The van der Waals surface area contributed by atoms with Crippen LogP contribution in [0.15, 0.2) is 107 Å². The standard InChI is InChI=1S/C27H27N5O4.C24H26N4O3.C7H6N2O4/c1-30(2)19-7-8-21-17(13-19)10-12-32(26(21)35)24-6-4-5-20(22(24)16-33)18-14-23(27(36)31(3)15-18)29-25(34)9-11-28;1-26(2)17-7-8-19-15(11-17)9-10-28(23(19)30)22-6-4-5-18(20(22)14-29)16-12-21(25)24(31)27(3)13-16;8-4-3-7(12)13-9-5(10)1-2-6(9)11/h4-8,13-15,33H,9-10,12,16H2,1-3H3,(H,29,34);4-8,11-13,29H,9-10,14,25H2,1-3H3;1-3H2. The maximum atomic E-state index is 13.5. The molecule has 9 rings (SSSR count). The number of nitrogens with two attached hydrogens (primary N) is 1. The van der Waals surface area contributed by atoms with Crippen molar-refractivity contribution in [3.05, 3.63) is 151 Å². The molecule has 0 radical (unpaired) electrons. The number of nitriles is 2. The first-order valence-corrected chi connectivity index (χ1v) is 25.2. The van der Waals surface area contributed by atoms with E-state index in [0.717, 1.165) is 34.5 Å². The zero-order valence-corrected chi connectivity index (χ0v) is 45.0. The number of aromatic nitrogens is 2. The highest BCUT2D eigenvalue weighted by Crippen LogP contribution is 2.37. The molecule has 22 heteroatoms. The van der Waals surface area contributed by atoms with Crippen LogP contribution in [0.5, 0.6) is 0 Å². The molecule has 3 aliphatic heterocycles. The molecule has 0 spiro atoms. The van der Waals surface area contributed by atoms with E-state index in [9.17, 15) is 48.6 Å². The van der Waals surface area contributed by atoms with Gasteiger partial charge in [0.15, 0.2) is 0 Å². The van der Waals surface area contributed by atoms with Crippen LogP contribution in [0.1, 0.15) is 68.7 Å². The monoisotopic (exact) mass is 1090 g/mol. The fraction of sp³-hybridized carbons (Fsp3) is 0.276. The summed E-state index contributed by atoms with van der Waals surface area (Å²) in [5.74, 6) is -2.80. The fourth-order valence-electron chi connectivity index (χ4n) is 9.45. The number of hydrogen-bond donors (Lipinski definition) is 4. The average molecular weight is 1090 g/mol. The minimum Gasteiger partial charge on any atom is -0.394 e. The van der Waals surface area contributed by atoms with Crippen LogP contribution in [-0.4, -0.2) is 101 Å². The number of carbonyl (C=O) groups is 6. The highest BCUT2D eigenvalue weighted by Gasteiger charge is 2.33. The Hall–Kier alpha value is -9.90. The molecular formula is C58H59N11O11. The molecule has 80 heavy (non-hydrogen) atoms. The molecule has 3 aliphatic rings. The molecule has 1 fully saturated rings. The number of amides is 5. The number of nitrogen functional groups attached to an aromatic ring is 1. The third-order valence-electron chi connectivity index (χ3n) is 13.5. The maximum Gasteiger partial charge on any atom is 0.347 e. The smallest absolute Gasteiger partial charge is 0.347 e. The van der Waals surface area contributed by atoms with Gasteiger partial charge >= 0.3 is 5.97 Å². The molecule has 412 valence electrons. The molecule has 2 aromatic heterocycles. The molecular weight excluding hydrogens is 1030 g/mol. The van der Waals surface area contributed by atoms with Gasteiger partial charge in [-0.1, -0.05) is 24.3 Å². The lowest BCUT2D eigenvalue weighted by molar-refractivity contribution is -0.196. The van der Waals surface area contributed by atoms with Crippen molar-refractivity contribution in [2.45, 2.75) is 51.7 Å². The Kier molecular flexibility index (Phi) is 18.1. The number of fused-ring (bicyclic) bond motifs is 2. The Morgan fingerprint density at radius 3 is 1.52 bits per heavy atom. The summed E-state index contributed by atoms with van der Waals surface area (Å²) in [5, 5.41) is 40.3. The molecule has 1 saturated heterocycles. The summed E-state index contributed by atoms with van der Waals surface area (Å²) in [4.78, 5) is 107. The summed E-state index contributed by atoms with van der Waals surface area (Å²) < 4.78 is 2.75. The van der Waals surface area contributed by atoms with E-state index in [2.05, 4.69) is 16.2 Å². The Labute approximate surface area is 460 Å². The van der Waals surface area contributed by atoms with Crippen LogP contribution in [0.25, 0.3) is 22.3 Å². The van der Waals surface area contributed by atoms with Crippen LogP contribution in [0.2, 0.25) is 0 Å².